The van der Waals surface area contributed by atoms with E-state index >= 15 is 0 Å². The molecule has 3 rings (SSSR count). The zero-order valence-corrected chi connectivity index (χ0v) is 14.2. The number of nitrogens with one attached hydrogen (secondary N) is 1. The Labute approximate surface area is 139 Å². The zero-order chi connectivity index (χ0) is 16.2. The Balaban J connectivity index is 1.96. The van der Waals surface area contributed by atoms with E-state index in [1.54, 1.807) is 31.9 Å². The molecule has 0 aliphatic carbocycles. The number of thiophene rings is 1. The fourth-order valence-electron chi connectivity index (χ4n) is 2.54. The van der Waals surface area contributed by atoms with Crippen molar-refractivity contribution in [3.8, 4) is 5.75 Å². The summed E-state index contributed by atoms with van der Waals surface area (Å²) in [6.07, 6.45) is 1.59. The number of benzene rings is 1. The van der Waals surface area contributed by atoms with Crippen LogP contribution in [0.1, 0.15) is 17.2 Å². The molecule has 0 spiro atoms. The van der Waals surface area contributed by atoms with Gasteiger partial charge in [0.15, 0.2) is 0 Å². The molecule has 23 heavy (non-hydrogen) atoms. The number of hydrogen-bond donors (Lipinski definition) is 1. The highest BCUT2D eigenvalue weighted by atomic mass is 32.1. The van der Waals surface area contributed by atoms with Crippen LogP contribution in [-0.4, -0.2) is 30.8 Å². The molecule has 6 heteroatoms. The van der Waals surface area contributed by atoms with Crippen molar-refractivity contribution in [3.63, 3.8) is 0 Å². The molecular weight excluding hydrogens is 310 g/mol. The van der Waals surface area contributed by atoms with Crippen molar-refractivity contribution in [1.29, 1.82) is 0 Å². The first kappa shape index (κ1) is 15.7. The van der Waals surface area contributed by atoms with Crippen molar-refractivity contribution in [3.05, 3.63) is 47.1 Å². The SMILES string of the molecule is COCC(Nc1ncnc2scc(C)c12)c1cccc(OC)c1. The highest BCUT2D eigenvalue weighted by molar-refractivity contribution is 7.17. The van der Waals surface area contributed by atoms with Crippen LogP contribution in [0.2, 0.25) is 0 Å². The second kappa shape index (κ2) is 6.93. The number of rotatable bonds is 6. The van der Waals surface area contributed by atoms with Crippen molar-refractivity contribution >= 4 is 27.4 Å². The molecule has 5 nitrogen and oxygen atoms in total. The van der Waals surface area contributed by atoms with E-state index < -0.39 is 0 Å². The smallest absolute Gasteiger partial charge is 0.139 e. The highest BCUT2D eigenvalue weighted by Gasteiger charge is 2.16. The summed E-state index contributed by atoms with van der Waals surface area (Å²) in [6, 6.07) is 7.95. The molecule has 2 heterocycles. The summed E-state index contributed by atoms with van der Waals surface area (Å²) in [4.78, 5) is 9.75. The van der Waals surface area contributed by atoms with E-state index in [2.05, 4.69) is 33.7 Å². The van der Waals surface area contributed by atoms with Crippen LogP contribution in [-0.2, 0) is 4.74 Å². The van der Waals surface area contributed by atoms with Crippen molar-refractivity contribution in [2.45, 2.75) is 13.0 Å². The van der Waals surface area contributed by atoms with Gasteiger partial charge in [-0.15, -0.1) is 11.3 Å². The van der Waals surface area contributed by atoms with Crippen LogP contribution in [0.4, 0.5) is 5.82 Å². The maximum atomic E-state index is 5.38. The van der Waals surface area contributed by atoms with Gasteiger partial charge in [0, 0.05) is 7.11 Å². The van der Waals surface area contributed by atoms with E-state index in [0.29, 0.717) is 6.61 Å². The van der Waals surface area contributed by atoms with Gasteiger partial charge in [-0.25, -0.2) is 9.97 Å². The molecule has 0 saturated heterocycles. The van der Waals surface area contributed by atoms with Crippen molar-refractivity contribution in [1.82, 2.24) is 9.97 Å². The van der Waals surface area contributed by atoms with Gasteiger partial charge in [0.05, 0.1) is 25.1 Å². The van der Waals surface area contributed by atoms with E-state index in [1.165, 1.54) is 5.56 Å². The lowest BCUT2D eigenvalue weighted by molar-refractivity contribution is 0.186. The lowest BCUT2D eigenvalue weighted by atomic mass is 10.1. The van der Waals surface area contributed by atoms with Gasteiger partial charge < -0.3 is 14.8 Å². The third-order valence-corrected chi connectivity index (χ3v) is 4.70. The Morgan fingerprint density at radius 3 is 2.91 bits per heavy atom. The van der Waals surface area contributed by atoms with Crippen LogP contribution in [0.25, 0.3) is 10.2 Å². The minimum atomic E-state index is -0.0208. The fourth-order valence-corrected chi connectivity index (χ4v) is 3.43. The molecule has 2 aromatic heterocycles. The summed E-state index contributed by atoms with van der Waals surface area (Å²) in [6.45, 7) is 2.60. The van der Waals surface area contributed by atoms with Gasteiger partial charge in [0.1, 0.15) is 22.7 Å². The minimum Gasteiger partial charge on any atom is -0.497 e. The van der Waals surface area contributed by atoms with Crippen LogP contribution in [0, 0.1) is 6.92 Å². The summed E-state index contributed by atoms with van der Waals surface area (Å²) in [5.74, 6) is 1.66. The second-order valence-electron chi connectivity index (χ2n) is 5.25. The van der Waals surface area contributed by atoms with Crippen LogP contribution >= 0.6 is 11.3 Å². The van der Waals surface area contributed by atoms with Crippen molar-refractivity contribution in [2.75, 3.05) is 26.1 Å². The van der Waals surface area contributed by atoms with Gasteiger partial charge in [0.25, 0.3) is 0 Å². The topological polar surface area (TPSA) is 56.3 Å². The lowest BCUT2D eigenvalue weighted by Gasteiger charge is -2.20. The fraction of sp³-hybridized carbons (Fsp3) is 0.294. The maximum Gasteiger partial charge on any atom is 0.139 e. The molecule has 0 bridgehead atoms. The first-order valence-corrected chi connectivity index (χ1v) is 8.19. The third kappa shape index (κ3) is 3.28. The lowest BCUT2D eigenvalue weighted by Crippen LogP contribution is -2.17. The second-order valence-corrected chi connectivity index (χ2v) is 6.11. The van der Waals surface area contributed by atoms with Crippen LogP contribution in [0.5, 0.6) is 5.75 Å². The number of methoxy groups -OCH3 is 2. The predicted octanol–water partition coefficient (Wildman–Crippen LogP) is 3.81. The molecule has 0 saturated carbocycles. The molecule has 0 aliphatic heterocycles. The number of anilines is 1. The average molecular weight is 329 g/mol. The maximum absolute atomic E-state index is 5.38. The number of hydrogen-bond acceptors (Lipinski definition) is 6. The van der Waals surface area contributed by atoms with E-state index in [1.807, 2.05) is 18.2 Å². The number of nitrogens with zero attached hydrogens (tertiary/aromatic N) is 2. The standard InChI is InChI=1S/C17H19N3O2S/c1-11-9-23-17-15(11)16(18-10-19-17)20-14(8-21-2)12-5-4-6-13(7-12)22-3/h4-7,9-10,14H,8H2,1-3H3,(H,18,19,20). The quantitative estimate of drug-likeness (QED) is 0.745. The van der Waals surface area contributed by atoms with Crippen LogP contribution in [0.3, 0.4) is 0 Å². The Morgan fingerprint density at radius 2 is 2.13 bits per heavy atom. The first-order valence-electron chi connectivity index (χ1n) is 7.31. The number of aromatic nitrogens is 2. The molecule has 0 aliphatic rings. The van der Waals surface area contributed by atoms with E-state index in [-0.39, 0.29) is 6.04 Å². The third-order valence-electron chi connectivity index (χ3n) is 3.69. The van der Waals surface area contributed by atoms with E-state index in [9.17, 15) is 0 Å². The Hall–Kier alpha value is -2.18. The molecular formula is C17H19N3O2S. The molecule has 120 valence electrons. The summed E-state index contributed by atoms with van der Waals surface area (Å²) in [7, 11) is 3.36. The first-order chi connectivity index (χ1) is 11.2. The summed E-state index contributed by atoms with van der Waals surface area (Å²) >= 11 is 1.63. The van der Waals surface area contributed by atoms with E-state index in [0.717, 1.165) is 27.3 Å². The zero-order valence-electron chi connectivity index (χ0n) is 13.4. The van der Waals surface area contributed by atoms with Crippen LogP contribution in [0.15, 0.2) is 36.0 Å². The molecule has 1 N–H and O–H groups in total. The summed E-state index contributed by atoms with van der Waals surface area (Å²) in [5.41, 5.74) is 2.26. The normalized spacial score (nSPS) is 12.3. The number of aryl methyl sites for hydroxylation is 1. The number of ether oxygens (including phenoxy) is 2. The minimum absolute atomic E-state index is 0.0208. The monoisotopic (exact) mass is 329 g/mol. The van der Waals surface area contributed by atoms with Crippen molar-refractivity contribution in [2.24, 2.45) is 0 Å². The molecule has 1 unspecified atom stereocenters. The highest BCUT2D eigenvalue weighted by Crippen LogP contribution is 2.31. The molecule has 0 fully saturated rings. The average Bonchev–Trinajstić information content (AvgIpc) is 2.97. The largest absolute Gasteiger partial charge is 0.497 e. The Bertz CT molecular complexity index is 803. The molecule has 0 amide bonds. The predicted molar refractivity (Wildman–Crippen MR) is 93.4 cm³/mol. The van der Waals surface area contributed by atoms with E-state index in [4.69, 9.17) is 9.47 Å². The van der Waals surface area contributed by atoms with Gasteiger partial charge >= 0.3 is 0 Å². The van der Waals surface area contributed by atoms with Gasteiger partial charge in [-0.05, 0) is 35.6 Å². The summed E-state index contributed by atoms with van der Waals surface area (Å²) < 4.78 is 10.7. The summed E-state index contributed by atoms with van der Waals surface area (Å²) in [5, 5.41) is 6.66. The van der Waals surface area contributed by atoms with Crippen LogP contribution < -0.4 is 10.1 Å². The van der Waals surface area contributed by atoms with Crippen molar-refractivity contribution < 1.29 is 9.47 Å². The molecule has 1 atom stereocenters. The van der Waals surface area contributed by atoms with Gasteiger partial charge in [-0.1, -0.05) is 12.1 Å². The molecule has 3 aromatic rings. The molecule has 1 aromatic carbocycles. The number of fused-ring (bicyclic) bond motifs is 1. The Morgan fingerprint density at radius 1 is 1.26 bits per heavy atom. The van der Waals surface area contributed by atoms with Gasteiger partial charge in [-0.2, -0.15) is 0 Å². The Kier molecular flexibility index (Phi) is 4.73. The van der Waals surface area contributed by atoms with Gasteiger partial charge in [0.2, 0.25) is 0 Å². The van der Waals surface area contributed by atoms with Gasteiger partial charge in [-0.3, -0.25) is 0 Å². The molecule has 0 radical (unpaired) electrons.